The molecule has 0 radical (unpaired) electrons. The quantitative estimate of drug-likeness (QED) is 0.623. The predicted molar refractivity (Wildman–Crippen MR) is 74.2 cm³/mol. The van der Waals surface area contributed by atoms with Crippen molar-refractivity contribution in [3.63, 3.8) is 0 Å². The molecule has 0 saturated heterocycles. The summed E-state index contributed by atoms with van der Waals surface area (Å²) in [5, 5.41) is 9.29. The summed E-state index contributed by atoms with van der Waals surface area (Å²) < 4.78 is 4.73. The van der Waals surface area contributed by atoms with Crippen LogP contribution in [0.1, 0.15) is 40.5 Å². The number of benzene rings is 1. The van der Waals surface area contributed by atoms with Gasteiger partial charge in [0, 0.05) is 6.42 Å². The van der Waals surface area contributed by atoms with Crippen molar-refractivity contribution >= 4 is 23.8 Å². The van der Waals surface area contributed by atoms with Gasteiger partial charge in [0.05, 0.1) is 17.7 Å². The van der Waals surface area contributed by atoms with Crippen LogP contribution in [0.15, 0.2) is 24.3 Å². The lowest BCUT2D eigenvalue weighted by molar-refractivity contribution is -0.145. The number of rotatable bonds is 6. The predicted octanol–water partition coefficient (Wildman–Crippen LogP) is 1.08. The van der Waals surface area contributed by atoms with Gasteiger partial charge in [0.15, 0.2) is 0 Å². The Bertz CT molecular complexity index is 604. The molecule has 1 aliphatic heterocycles. The SMILES string of the molecule is CCOC(=O)CCC(C(=O)O)N1C(=O)c2ccccc2C1=O. The minimum atomic E-state index is -1.39. The maximum atomic E-state index is 12.2. The second kappa shape index (κ2) is 6.38. The molecule has 0 saturated carbocycles. The van der Waals surface area contributed by atoms with Crippen molar-refractivity contribution in [2.24, 2.45) is 0 Å². The molecule has 2 rings (SSSR count). The second-order valence-corrected chi connectivity index (χ2v) is 4.72. The number of fused-ring (bicyclic) bond motifs is 1. The molecule has 1 atom stereocenters. The Kier molecular flexibility index (Phi) is 4.55. The molecular weight excluding hydrogens is 290 g/mol. The van der Waals surface area contributed by atoms with Crippen LogP contribution in [-0.4, -0.2) is 46.4 Å². The summed E-state index contributed by atoms with van der Waals surface area (Å²) in [4.78, 5) is 48.0. The highest BCUT2D eigenvalue weighted by Crippen LogP contribution is 2.26. The normalized spacial score (nSPS) is 14.7. The average Bonchev–Trinajstić information content (AvgIpc) is 2.73. The third kappa shape index (κ3) is 2.83. The van der Waals surface area contributed by atoms with Crippen molar-refractivity contribution in [3.05, 3.63) is 35.4 Å². The van der Waals surface area contributed by atoms with Crippen LogP contribution in [0.2, 0.25) is 0 Å². The highest BCUT2D eigenvalue weighted by atomic mass is 16.5. The summed E-state index contributed by atoms with van der Waals surface area (Å²) in [6, 6.07) is 4.75. The molecule has 0 aromatic heterocycles. The standard InChI is InChI=1S/C15H15NO6/c1-2-22-12(17)8-7-11(15(20)21)16-13(18)9-5-3-4-6-10(9)14(16)19/h3-6,11H,2,7-8H2,1H3,(H,20,21). The molecule has 7 heteroatoms. The van der Waals surface area contributed by atoms with E-state index < -0.39 is 29.8 Å². The topological polar surface area (TPSA) is 101 Å². The van der Waals surface area contributed by atoms with Gasteiger partial charge in [-0.3, -0.25) is 19.3 Å². The fourth-order valence-electron chi connectivity index (χ4n) is 2.34. The molecular formula is C15H15NO6. The van der Waals surface area contributed by atoms with Crippen LogP contribution in [0, 0.1) is 0 Å². The largest absolute Gasteiger partial charge is 0.480 e. The number of nitrogens with zero attached hydrogens (tertiary/aromatic N) is 1. The molecule has 1 unspecified atom stereocenters. The molecule has 22 heavy (non-hydrogen) atoms. The van der Waals surface area contributed by atoms with Crippen LogP contribution in [0.4, 0.5) is 0 Å². The third-order valence-corrected chi connectivity index (χ3v) is 3.35. The Hall–Kier alpha value is -2.70. The van der Waals surface area contributed by atoms with E-state index in [2.05, 4.69) is 0 Å². The van der Waals surface area contributed by atoms with Gasteiger partial charge in [0.2, 0.25) is 0 Å². The summed E-state index contributed by atoms with van der Waals surface area (Å²) in [5.41, 5.74) is 0.352. The first-order valence-corrected chi connectivity index (χ1v) is 6.82. The number of carboxylic acid groups (broad SMARTS) is 1. The molecule has 0 aliphatic carbocycles. The lowest BCUT2D eigenvalue weighted by Crippen LogP contribution is -2.45. The van der Waals surface area contributed by atoms with Crippen molar-refractivity contribution in [3.8, 4) is 0 Å². The molecule has 1 aromatic carbocycles. The van der Waals surface area contributed by atoms with E-state index in [0.717, 1.165) is 0 Å². The molecule has 2 amide bonds. The van der Waals surface area contributed by atoms with Gasteiger partial charge in [-0.2, -0.15) is 0 Å². The summed E-state index contributed by atoms with van der Waals surface area (Å²) in [5.74, 6) is -3.21. The van der Waals surface area contributed by atoms with Crippen LogP contribution in [0.25, 0.3) is 0 Å². The molecule has 1 aliphatic rings. The van der Waals surface area contributed by atoms with Gasteiger partial charge < -0.3 is 9.84 Å². The lowest BCUT2D eigenvalue weighted by atomic mass is 10.1. The Balaban J connectivity index is 2.20. The summed E-state index contributed by atoms with van der Waals surface area (Å²) in [7, 11) is 0. The zero-order valence-corrected chi connectivity index (χ0v) is 11.9. The minimum absolute atomic E-state index is 0.176. The first kappa shape index (κ1) is 15.7. The van der Waals surface area contributed by atoms with Crippen LogP contribution in [-0.2, 0) is 14.3 Å². The summed E-state index contributed by atoms with van der Waals surface area (Å²) in [6.45, 7) is 1.82. The molecule has 0 bridgehead atoms. The fraction of sp³-hybridized carbons (Fsp3) is 0.333. The third-order valence-electron chi connectivity index (χ3n) is 3.35. The van der Waals surface area contributed by atoms with Gasteiger partial charge in [-0.1, -0.05) is 12.1 Å². The molecule has 1 aromatic rings. The Morgan fingerprint density at radius 1 is 1.18 bits per heavy atom. The van der Waals surface area contributed by atoms with Crippen LogP contribution in [0.5, 0.6) is 0 Å². The average molecular weight is 305 g/mol. The van der Waals surface area contributed by atoms with Gasteiger partial charge in [0.1, 0.15) is 6.04 Å². The van der Waals surface area contributed by atoms with E-state index in [-0.39, 0.29) is 30.6 Å². The molecule has 0 fully saturated rings. The number of aliphatic carboxylic acids is 1. The number of hydrogen-bond acceptors (Lipinski definition) is 5. The molecule has 1 heterocycles. The smallest absolute Gasteiger partial charge is 0.326 e. The van der Waals surface area contributed by atoms with E-state index >= 15 is 0 Å². The van der Waals surface area contributed by atoms with Gasteiger partial charge in [0.25, 0.3) is 11.8 Å². The van der Waals surface area contributed by atoms with Crippen molar-refractivity contribution in [2.75, 3.05) is 6.61 Å². The van der Waals surface area contributed by atoms with Crippen LogP contribution >= 0.6 is 0 Å². The monoisotopic (exact) mass is 305 g/mol. The van der Waals surface area contributed by atoms with E-state index in [1.807, 2.05) is 0 Å². The van der Waals surface area contributed by atoms with E-state index in [4.69, 9.17) is 4.74 Å². The van der Waals surface area contributed by atoms with Gasteiger partial charge >= 0.3 is 11.9 Å². The first-order chi connectivity index (χ1) is 10.5. The van der Waals surface area contributed by atoms with Crippen molar-refractivity contribution in [2.45, 2.75) is 25.8 Å². The van der Waals surface area contributed by atoms with Crippen molar-refractivity contribution in [1.82, 2.24) is 4.90 Å². The fourth-order valence-corrected chi connectivity index (χ4v) is 2.34. The molecule has 0 spiro atoms. The van der Waals surface area contributed by atoms with Gasteiger partial charge in [-0.05, 0) is 25.5 Å². The van der Waals surface area contributed by atoms with Crippen molar-refractivity contribution < 1.29 is 29.0 Å². The van der Waals surface area contributed by atoms with E-state index in [0.29, 0.717) is 4.90 Å². The molecule has 1 N–H and O–H groups in total. The van der Waals surface area contributed by atoms with Gasteiger partial charge in [-0.25, -0.2) is 4.79 Å². The number of imide groups is 1. The Labute approximate surface area is 126 Å². The molecule has 116 valence electrons. The maximum absolute atomic E-state index is 12.2. The van der Waals surface area contributed by atoms with Crippen molar-refractivity contribution in [1.29, 1.82) is 0 Å². The number of hydrogen-bond donors (Lipinski definition) is 1. The van der Waals surface area contributed by atoms with E-state index in [1.54, 1.807) is 19.1 Å². The number of carbonyl (C=O) groups is 4. The van der Waals surface area contributed by atoms with Gasteiger partial charge in [-0.15, -0.1) is 0 Å². The van der Waals surface area contributed by atoms with E-state index in [9.17, 15) is 24.3 Å². The highest BCUT2D eigenvalue weighted by Gasteiger charge is 2.42. The number of esters is 1. The second-order valence-electron chi connectivity index (χ2n) is 4.72. The van der Waals surface area contributed by atoms with Crippen LogP contribution in [0.3, 0.4) is 0 Å². The first-order valence-electron chi connectivity index (χ1n) is 6.82. The highest BCUT2D eigenvalue weighted by molar-refractivity contribution is 6.22. The number of amides is 2. The number of carbonyl (C=O) groups excluding carboxylic acids is 3. The van der Waals surface area contributed by atoms with E-state index in [1.165, 1.54) is 12.1 Å². The number of ether oxygens (including phenoxy) is 1. The maximum Gasteiger partial charge on any atom is 0.326 e. The Morgan fingerprint density at radius 2 is 1.73 bits per heavy atom. The Morgan fingerprint density at radius 3 is 2.18 bits per heavy atom. The zero-order chi connectivity index (χ0) is 16.3. The summed E-state index contributed by atoms with van der Waals surface area (Å²) >= 11 is 0. The summed E-state index contributed by atoms with van der Waals surface area (Å²) in [6.07, 6.45) is -0.363. The zero-order valence-electron chi connectivity index (χ0n) is 11.9. The lowest BCUT2D eigenvalue weighted by Gasteiger charge is -2.22. The minimum Gasteiger partial charge on any atom is -0.480 e. The number of carboxylic acids is 1. The molecule has 7 nitrogen and oxygen atoms in total. The van der Waals surface area contributed by atoms with Crippen LogP contribution < -0.4 is 0 Å².